The number of nitriles is 1. The van der Waals surface area contributed by atoms with Gasteiger partial charge in [0.2, 0.25) is 5.82 Å². The summed E-state index contributed by atoms with van der Waals surface area (Å²) in [5.74, 6) is -1.92. The number of rotatable bonds is 5. The second-order valence-corrected chi connectivity index (χ2v) is 11.5. The number of hydrogen-bond donors (Lipinski definition) is 0. The van der Waals surface area contributed by atoms with Gasteiger partial charge in [-0.1, -0.05) is 60.7 Å². The van der Waals surface area contributed by atoms with E-state index in [1.807, 2.05) is 37.3 Å². The second kappa shape index (κ2) is 11.6. The number of ether oxygens (including phenoxy) is 1. The number of halogens is 1. The number of Topliss-reactive ketones (excluding diaryl/α,β-unsaturated/α-hetero) is 1. The molecule has 0 radical (unpaired) electrons. The van der Waals surface area contributed by atoms with Gasteiger partial charge in [-0.05, 0) is 93.5 Å². The minimum Gasteiger partial charge on any atom is -0.460 e. The lowest BCUT2D eigenvalue weighted by molar-refractivity contribution is -0.120. The Kier molecular flexibility index (Phi) is 7.34. The molecule has 224 valence electrons. The van der Waals surface area contributed by atoms with Crippen molar-refractivity contribution >= 4 is 33.3 Å². The lowest BCUT2D eigenvalue weighted by Crippen LogP contribution is -2.26. The maximum absolute atomic E-state index is 14.1. The Morgan fingerprint density at radius 3 is 2.37 bits per heavy atom. The van der Waals surface area contributed by atoms with Crippen LogP contribution in [0, 0.1) is 24.1 Å². The van der Waals surface area contributed by atoms with E-state index in [9.17, 15) is 19.2 Å². The average molecular weight is 606 g/mol. The molecular weight excluding hydrogens is 577 g/mol. The zero-order valence-electron chi connectivity index (χ0n) is 25.3. The zero-order valence-corrected chi connectivity index (χ0v) is 25.3. The van der Waals surface area contributed by atoms with Crippen LogP contribution in [0.15, 0.2) is 97.2 Å². The largest absolute Gasteiger partial charge is 0.460 e. The molecule has 2 unspecified atom stereocenters. The van der Waals surface area contributed by atoms with Crippen LogP contribution in [0.2, 0.25) is 0 Å². The molecule has 1 heterocycles. The van der Waals surface area contributed by atoms with E-state index in [1.54, 1.807) is 43.5 Å². The molecule has 0 N–H and O–H groups in total. The Morgan fingerprint density at radius 1 is 0.935 bits per heavy atom. The van der Waals surface area contributed by atoms with E-state index in [1.165, 1.54) is 12.1 Å². The van der Waals surface area contributed by atoms with E-state index in [0.717, 1.165) is 54.9 Å². The van der Waals surface area contributed by atoms with Crippen molar-refractivity contribution in [3.63, 3.8) is 0 Å². The third kappa shape index (κ3) is 4.79. The number of aromatic nitrogens is 2. The number of benzene rings is 5. The number of carbonyl (C=O) groups excluding carboxylic acids is 2. The van der Waals surface area contributed by atoms with Crippen LogP contribution in [0.1, 0.15) is 69.2 Å². The summed E-state index contributed by atoms with van der Waals surface area (Å²) in [5.41, 5.74) is 6.33. The molecule has 2 atom stereocenters. The SMILES string of the molecule is CCOC(=O)c1nccc(-c2c(C)c3ccccc3c3ccc4c(c23)C(c2ccc(C#N)cc2)CC(=O)C4c2ccc(F)cc2)n1. The molecule has 1 aliphatic rings. The molecule has 7 heteroatoms. The molecule has 6 aromatic rings. The number of esters is 1. The highest BCUT2D eigenvalue weighted by molar-refractivity contribution is 6.18. The minimum absolute atomic E-state index is 0.0264. The molecule has 1 aliphatic carbocycles. The maximum atomic E-state index is 14.1. The van der Waals surface area contributed by atoms with Gasteiger partial charge in [-0.3, -0.25) is 4.79 Å². The monoisotopic (exact) mass is 605 g/mol. The topological polar surface area (TPSA) is 92.9 Å². The van der Waals surface area contributed by atoms with Gasteiger partial charge in [0.05, 0.1) is 29.9 Å². The van der Waals surface area contributed by atoms with Crippen molar-refractivity contribution in [2.24, 2.45) is 0 Å². The molecule has 0 bridgehead atoms. The zero-order chi connectivity index (χ0) is 31.9. The second-order valence-electron chi connectivity index (χ2n) is 11.5. The highest BCUT2D eigenvalue weighted by Crippen LogP contribution is 2.50. The Morgan fingerprint density at radius 2 is 1.65 bits per heavy atom. The summed E-state index contributed by atoms with van der Waals surface area (Å²) >= 11 is 0. The maximum Gasteiger partial charge on any atom is 0.376 e. The van der Waals surface area contributed by atoms with Crippen molar-refractivity contribution in [1.29, 1.82) is 5.26 Å². The number of carbonyl (C=O) groups is 2. The highest BCUT2D eigenvalue weighted by Gasteiger charge is 2.38. The van der Waals surface area contributed by atoms with Crippen LogP contribution in [-0.2, 0) is 9.53 Å². The van der Waals surface area contributed by atoms with Gasteiger partial charge in [-0.25, -0.2) is 19.2 Å². The summed E-state index contributed by atoms with van der Waals surface area (Å²) in [6, 6.07) is 29.7. The Labute approximate surface area is 265 Å². The summed E-state index contributed by atoms with van der Waals surface area (Å²) in [5, 5.41) is 13.5. The Bertz CT molecular complexity index is 2220. The van der Waals surface area contributed by atoms with Crippen LogP contribution in [0.5, 0.6) is 0 Å². The summed E-state index contributed by atoms with van der Waals surface area (Å²) in [7, 11) is 0. The van der Waals surface area contributed by atoms with Crippen LogP contribution in [-0.4, -0.2) is 28.3 Å². The van der Waals surface area contributed by atoms with Gasteiger partial charge in [0.25, 0.3) is 0 Å². The standard InChI is InChI=1S/C39H28FN3O3/c1-3-46-39(45)38-42-19-18-32(43-38)34-22(2)27-6-4-5-7-28(27)29-16-17-30-35(25-12-14-26(40)15-13-25)33(44)20-31(36(30)37(29)34)24-10-8-23(21-41)9-11-24/h4-19,31,35H,3,20H2,1-2H3. The van der Waals surface area contributed by atoms with E-state index in [0.29, 0.717) is 11.3 Å². The quantitative estimate of drug-likeness (QED) is 0.145. The molecular formula is C39H28FN3O3. The first kappa shape index (κ1) is 29.0. The van der Waals surface area contributed by atoms with Crippen LogP contribution in [0.25, 0.3) is 32.8 Å². The molecule has 1 aromatic heterocycles. The highest BCUT2D eigenvalue weighted by atomic mass is 19.1. The summed E-state index contributed by atoms with van der Waals surface area (Å²) in [6.45, 7) is 3.98. The van der Waals surface area contributed by atoms with Crippen LogP contribution < -0.4 is 0 Å². The smallest absolute Gasteiger partial charge is 0.376 e. The molecule has 0 fully saturated rings. The van der Waals surface area contributed by atoms with Gasteiger partial charge in [0.1, 0.15) is 11.6 Å². The number of hydrogen-bond acceptors (Lipinski definition) is 6. The summed E-state index contributed by atoms with van der Waals surface area (Å²) in [6.07, 6.45) is 1.77. The van der Waals surface area contributed by atoms with Crippen LogP contribution >= 0.6 is 0 Å². The van der Waals surface area contributed by atoms with Gasteiger partial charge in [0, 0.05) is 24.1 Å². The molecule has 46 heavy (non-hydrogen) atoms. The first-order valence-corrected chi connectivity index (χ1v) is 15.2. The molecule has 7 rings (SSSR count). The van der Waals surface area contributed by atoms with Gasteiger partial charge >= 0.3 is 5.97 Å². The Balaban J connectivity index is 1.61. The van der Waals surface area contributed by atoms with Crippen molar-refractivity contribution < 1.29 is 18.7 Å². The molecule has 0 saturated heterocycles. The van der Waals surface area contributed by atoms with Crippen molar-refractivity contribution in [3.05, 3.63) is 142 Å². The predicted octanol–water partition coefficient (Wildman–Crippen LogP) is 8.18. The number of aryl methyl sites for hydroxylation is 1. The normalized spacial score (nSPS) is 15.8. The summed E-state index contributed by atoms with van der Waals surface area (Å²) in [4.78, 5) is 35.7. The first-order chi connectivity index (χ1) is 22.4. The molecule has 0 aliphatic heterocycles. The van der Waals surface area contributed by atoms with Crippen molar-refractivity contribution in [2.75, 3.05) is 6.61 Å². The average Bonchev–Trinajstić information content (AvgIpc) is 3.09. The summed E-state index contributed by atoms with van der Waals surface area (Å²) < 4.78 is 19.2. The minimum atomic E-state index is -0.605. The predicted molar refractivity (Wildman–Crippen MR) is 174 cm³/mol. The Hall–Kier alpha value is -5.74. The lowest BCUT2D eigenvalue weighted by atomic mass is 9.68. The van der Waals surface area contributed by atoms with Gasteiger partial charge in [0.15, 0.2) is 0 Å². The molecule has 0 spiro atoms. The van der Waals surface area contributed by atoms with Crippen molar-refractivity contribution in [1.82, 2.24) is 9.97 Å². The molecule has 0 saturated carbocycles. The fourth-order valence-electron chi connectivity index (χ4n) is 6.93. The van der Waals surface area contributed by atoms with Crippen molar-refractivity contribution in [2.45, 2.75) is 32.1 Å². The van der Waals surface area contributed by atoms with Crippen LogP contribution in [0.4, 0.5) is 4.39 Å². The number of ketones is 1. The van der Waals surface area contributed by atoms with Gasteiger partial charge < -0.3 is 4.74 Å². The first-order valence-electron chi connectivity index (χ1n) is 15.2. The third-order valence-electron chi connectivity index (χ3n) is 8.93. The molecule has 6 nitrogen and oxygen atoms in total. The third-order valence-corrected chi connectivity index (χ3v) is 8.93. The van der Waals surface area contributed by atoms with E-state index < -0.39 is 11.9 Å². The molecule has 5 aromatic carbocycles. The van der Waals surface area contributed by atoms with E-state index in [-0.39, 0.29) is 36.4 Å². The number of nitrogens with zero attached hydrogens (tertiary/aromatic N) is 3. The van der Waals surface area contributed by atoms with E-state index in [4.69, 9.17) is 9.72 Å². The molecule has 0 amide bonds. The fraction of sp³-hybridized carbons (Fsp3) is 0.154. The van der Waals surface area contributed by atoms with E-state index in [2.05, 4.69) is 29.3 Å². The van der Waals surface area contributed by atoms with E-state index >= 15 is 0 Å². The van der Waals surface area contributed by atoms with Gasteiger partial charge in [-0.2, -0.15) is 5.26 Å². The van der Waals surface area contributed by atoms with Gasteiger partial charge in [-0.15, -0.1) is 0 Å². The van der Waals surface area contributed by atoms with Crippen molar-refractivity contribution in [3.8, 4) is 17.3 Å². The fourth-order valence-corrected chi connectivity index (χ4v) is 6.93. The lowest BCUT2D eigenvalue weighted by Gasteiger charge is -2.34. The van der Waals surface area contributed by atoms with Crippen LogP contribution in [0.3, 0.4) is 0 Å². The number of fused-ring (bicyclic) bond motifs is 5.